The summed E-state index contributed by atoms with van der Waals surface area (Å²) in [6.07, 6.45) is 0.305. The van der Waals surface area contributed by atoms with Crippen molar-refractivity contribution in [2.24, 2.45) is 0 Å². The minimum absolute atomic E-state index is 0.00285. The SMILES string of the molecule is O=C(CC1COCCN1)Nc1cc(Cl)nc(Cl)n1. The Kier molecular flexibility index (Phi) is 4.71. The lowest BCUT2D eigenvalue weighted by atomic mass is 10.2. The maximum atomic E-state index is 11.8. The Bertz CT molecular complexity index is 418. The highest BCUT2D eigenvalue weighted by atomic mass is 35.5. The van der Waals surface area contributed by atoms with Gasteiger partial charge in [-0.2, -0.15) is 0 Å². The second-order valence-electron chi connectivity index (χ2n) is 3.82. The van der Waals surface area contributed by atoms with E-state index in [2.05, 4.69) is 20.6 Å². The largest absolute Gasteiger partial charge is 0.378 e. The Morgan fingerprint density at radius 1 is 1.56 bits per heavy atom. The number of carbonyl (C=O) groups excluding carboxylic acids is 1. The second kappa shape index (κ2) is 6.29. The number of anilines is 1. The van der Waals surface area contributed by atoms with Gasteiger partial charge in [-0.3, -0.25) is 4.79 Å². The minimum atomic E-state index is -0.177. The Balaban J connectivity index is 1.89. The van der Waals surface area contributed by atoms with Crippen molar-refractivity contribution in [3.8, 4) is 0 Å². The van der Waals surface area contributed by atoms with Crippen molar-refractivity contribution in [2.75, 3.05) is 25.1 Å². The van der Waals surface area contributed by atoms with Crippen molar-refractivity contribution in [1.29, 1.82) is 0 Å². The number of nitrogens with zero attached hydrogens (tertiary/aromatic N) is 2. The number of amides is 1. The highest BCUT2D eigenvalue weighted by Crippen LogP contribution is 2.14. The van der Waals surface area contributed by atoms with Crippen LogP contribution in [0.3, 0.4) is 0 Å². The highest BCUT2D eigenvalue weighted by Gasteiger charge is 2.17. The number of nitrogens with one attached hydrogen (secondary N) is 2. The van der Waals surface area contributed by atoms with Crippen LogP contribution in [0.1, 0.15) is 6.42 Å². The molecule has 1 aromatic rings. The molecule has 2 rings (SSSR count). The van der Waals surface area contributed by atoms with Crippen molar-refractivity contribution in [3.63, 3.8) is 0 Å². The van der Waals surface area contributed by atoms with Gasteiger partial charge in [0.2, 0.25) is 11.2 Å². The first-order chi connectivity index (χ1) is 8.63. The first-order valence-corrected chi connectivity index (χ1v) is 6.20. The van der Waals surface area contributed by atoms with E-state index in [9.17, 15) is 4.79 Å². The number of rotatable bonds is 3. The molecule has 0 bridgehead atoms. The summed E-state index contributed by atoms with van der Waals surface area (Å²) in [5.74, 6) is 0.116. The molecule has 1 saturated heterocycles. The van der Waals surface area contributed by atoms with Crippen LogP contribution >= 0.6 is 23.2 Å². The third kappa shape index (κ3) is 4.06. The zero-order valence-corrected chi connectivity index (χ0v) is 11.0. The van der Waals surface area contributed by atoms with Crippen molar-refractivity contribution in [2.45, 2.75) is 12.5 Å². The first kappa shape index (κ1) is 13.5. The van der Waals surface area contributed by atoms with Gasteiger partial charge in [-0.15, -0.1) is 0 Å². The van der Waals surface area contributed by atoms with Gasteiger partial charge in [-0.1, -0.05) is 11.6 Å². The van der Waals surface area contributed by atoms with E-state index in [1.165, 1.54) is 6.07 Å². The van der Waals surface area contributed by atoms with Crippen LogP contribution in [-0.2, 0) is 9.53 Å². The molecule has 1 aliphatic heterocycles. The zero-order valence-electron chi connectivity index (χ0n) is 9.45. The van der Waals surface area contributed by atoms with Crippen LogP contribution in [0.15, 0.2) is 6.07 Å². The fraction of sp³-hybridized carbons (Fsp3) is 0.500. The molecule has 2 heterocycles. The fourth-order valence-electron chi connectivity index (χ4n) is 1.62. The summed E-state index contributed by atoms with van der Waals surface area (Å²) in [7, 11) is 0. The number of ether oxygens (including phenoxy) is 1. The van der Waals surface area contributed by atoms with Crippen LogP contribution in [0.4, 0.5) is 5.82 Å². The van der Waals surface area contributed by atoms with Crippen molar-refractivity contribution in [1.82, 2.24) is 15.3 Å². The van der Waals surface area contributed by atoms with Crippen LogP contribution in [0.2, 0.25) is 10.4 Å². The van der Waals surface area contributed by atoms with Gasteiger partial charge in [0.15, 0.2) is 0 Å². The molecule has 0 aliphatic carbocycles. The lowest BCUT2D eigenvalue weighted by molar-refractivity contribution is -0.117. The topological polar surface area (TPSA) is 76.1 Å². The molecule has 0 spiro atoms. The maximum absolute atomic E-state index is 11.8. The van der Waals surface area contributed by atoms with E-state index < -0.39 is 0 Å². The van der Waals surface area contributed by atoms with Gasteiger partial charge < -0.3 is 15.4 Å². The monoisotopic (exact) mass is 290 g/mol. The number of aromatic nitrogens is 2. The molecule has 8 heteroatoms. The number of hydrogen-bond donors (Lipinski definition) is 2. The van der Waals surface area contributed by atoms with Crippen LogP contribution in [0, 0.1) is 0 Å². The van der Waals surface area contributed by atoms with Gasteiger partial charge in [0.05, 0.1) is 13.2 Å². The van der Waals surface area contributed by atoms with Crippen LogP contribution in [0.5, 0.6) is 0 Å². The smallest absolute Gasteiger partial charge is 0.227 e. The Morgan fingerprint density at radius 3 is 3.06 bits per heavy atom. The minimum Gasteiger partial charge on any atom is -0.378 e. The summed E-state index contributed by atoms with van der Waals surface area (Å²) in [4.78, 5) is 19.3. The Morgan fingerprint density at radius 2 is 2.39 bits per heavy atom. The second-order valence-corrected chi connectivity index (χ2v) is 4.55. The Hall–Kier alpha value is -0.950. The summed E-state index contributed by atoms with van der Waals surface area (Å²) < 4.78 is 5.26. The third-order valence-electron chi connectivity index (χ3n) is 2.37. The number of halogens is 2. The van der Waals surface area contributed by atoms with E-state index in [1.807, 2.05) is 0 Å². The van der Waals surface area contributed by atoms with E-state index in [4.69, 9.17) is 27.9 Å². The van der Waals surface area contributed by atoms with Crippen molar-refractivity contribution < 1.29 is 9.53 Å². The van der Waals surface area contributed by atoms with Gasteiger partial charge in [0.1, 0.15) is 11.0 Å². The molecule has 1 atom stereocenters. The number of hydrogen-bond acceptors (Lipinski definition) is 5. The summed E-state index contributed by atoms with van der Waals surface area (Å²) in [5.41, 5.74) is 0. The normalized spacial score (nSPS) is 19.6. The molecule has 1 aromatic heterocycles. The predicted molar refractivity (Wildman–Crippen MR) is 67.9 cm³/mol. The average molecular weight is 291 g/mol. The molecule has 18 heavy (non-hydrogen) atoms. The van der Waals surface area contributed by atoms with Crippen LogP contribution in [-0.4, -0.2) is 41.7 Å². The quantitative estimate of drug-likeness (QED) is 0.644. The molecule has 0 radical (unpaired) electrons. The summed E-state index contributed by atoms with van der Waals surface area (Å²) in [6, 6.07) is 1.46. The third-order valence-corrected chi connectivity index (χ3v) is 2.73. The van der Waals surface area contributed by atoms with Gasteiger partial charge in [0, 0.05) is 25.1 Å². The van der Waals surface area contributed by atoms with Crippen molar-refractivity contribution >= 4 is 34.9 Å². The number of carbonyl (C=O) groups is 1. The first-order valence-electron chi connectivity index (χ1n) is 5.44. The van der Waals surface area contributed by atoms with Gasteiger partial charge >= 0.3 is 0 Å². The molecule has 1 amide bonds. The molecule has 0 saturated carbocycles. The predicted octanol–water partition coefficient (Wildman–Crippen LogP) is 1.10. The van der Waals surface area contributed by atoms with E-state index in [0.717, 1.165) is 6.54 Å². The summed E-state index contributed by atoms with van der Waals surface area (Å²) >= 11 is 11.3. The average Bonchev–Trinajstić information content (AvgIpc) is 2.28. The maximum Gasteiger partial charge on any atom is 0.227 e. The standard InChI is InChI=1S/C10H12Cl2N4O2/c11-7-4-8(16-10(12)14-7)15-9(17)3-6-5-18-2-1-13-6/h4,6,13H,1-3,5H2,(H,14,15,16,17). The highest BCUT2D eigenvalue weighted by molar-refractivity contribution is 6.32. The molecule has 1 unspecified atom stereocenters. The lowest BCUT2D eigenvalue weighted by Gasteiger charge is -2.23. The molecule has 0 aromatic carbocycles. The molecule has 6 nitrogen and oxygen atoms in total. The van der Waals surface area contributed by atoms with Gasteiger partial charge in [0.25, 0.3) is 0 Å². The van der Waals surface area contributed by atoms with E-state index in [0.29, 0.717) is 25.5 Å². The van der Waals surface area contributed by atoms with Gasteiger partial charge in [-0.05, 0) is 11.6 Å². The molecular weight excluding hydrogens is 279 g/mol. The fourth-order valence-corrected chi connectivity index (χ4v) is 2.03. The number of morpholine rings is 1. The lowest BCUT2D eigenvalue weighted by Crippen LogP contribution is -2.43. The molecular formula is C10H12Cl2N4O2. The van der Waals surface area contributed by atoms with Crippen LogP contribution in [0.25, 0.3) is 0 Å². The molecule has 98 valence electrons. The van der Waals surface area contributed by atoms with E-state index >= 15 is 0 Å². The molecule has 1 aliphatic rings. The molecule has 2 N–H and O–H groups in total. The zero-order chi connectivity index (χ0) is 13.0. The summed E-state index contributed by atoms with van der Waals surface area (Å²) in [5, 5.41) is 5.99. The summed E-state index contributed by atoms with van der Waals surface area (Å²) in [6.45, 7) is 1.96. The van der Waals surface area contributed by atoms with E-state index in [1.54, 1.807) is 0 Å². The van der Waals surface area contributed by atoms with Gasteiger partial charge in [-0.25, -0.2) is 9.97 Å². The van der Waals surface area contributed by atoms with Crippen LogP contribution < -0.4 is 10.6 Å². The molecule has 1 fully saturated rings. The van der Waals surface area contributed by atoms with Crippen molar-refractivity contribution in [3.05, 3.63) is 16.5 Å². The Labute approximate surface area is 114 Å². The van der Waals surface area contributed by atoms with E-state index in [-0.39, 0.29) is 22.4 Å².